The van der Waals surface area contributed by atoms with Gasteiger partial charge in [-0.1, -0.05) is 12.1 Å². The molecule has 0 atom stereocenters. The molecule has 20 heavy (non-hydrogen) atoms. The molecule has 0 aliphatic heterocycles. The van der Waals surface area contributed by atoms with E-state index in [4.69, 9.17) is 0 Å². The summed E-state index contributed by atoms with van der Waals surface area (Å²) in [5.41, 5.74) is 2.31. The maximum Gasteiger partial charge on any atom is 0.277 e. The van der Waals surface area contributed by atoms with Gasteiger partial charge >= 0.3 is 0 Å². The number of anilines is 1. The first kappa shape index (κ1) is 14.5. The highest BCUT2D eigenvalue weighted by Gasteiger charge is 2.17. The topological polar surface area (TPSA) is 64.0 Å². The molecule has 1 amide bonds. The molecule has 1 heterocycles. The summed E-state index contributed by atoms with van der Waals surface area (Å²) in [6.45, 7) is 3.35. The Bertz CT molecular complexity index is 692. The molecule has 104 valence electrons. The number of carbonyl (C=O) groups excluding carboxylic acids is 2. The summed E-state index contributed by atoms with van der Waals surface area (Å²) in [5, 5.41) is 6.89. The first-order valence-corrected chi connectivity index (χ1v) is 6.81. The Morgan fingerprint density at radius 2 is 2.05 bits per heavy atom. The number of nitrogens with zero attached hydrogens (tertiary/aromatic N) is 2. The fraction of sp³-hybridized carbons (Fsp3) is 0.214. The summed E-state index contributed by atoms with van der Waals surface area (Å²) in [6.07, 6.45) is 0. The molecule has 0 radical (unpaired) electrons. The lowest BCUT2D eigenvalue weighted by Crippen LogP contribution is -2.14. The van der Waals surface area contributed by atoms with E-state index in [9.17, 15) is 9.59 Å². The fourth-order valence-corrected chi connectivity index (χ4v) is 2.25. The van der Waals surface area contributed by atoms with Crippen molar-refractivity contribution in [2.45, 2.75) is 13.8 Å². The number of amides is 1. The number of hydrogen-bond acceptors (Lipinski definition) is 3. The monoisotopic (exact) mass is 335 g/mol. The van der Waals surface area contributed by atoms with Crippen molar-refractivity contribution in [2.75, 3.05) is 5.32 Å². The van der Waals surface area contributed by atoms with Gasteiger partial charge in [0.15, 0.2) is 11.5 Å². The van der Waals surface area contributed by atoms with Gasteiger partial charge in [0.25, 0.3) is 5.91 Å². The van der Waals surface area contributed by atoms with E-state index in [-0.39, 0.29) is 11.7 Å². The Hall–Kier alpha value is -1.95. The summed E-state index contributed by atoms with van der Waals surface area (Å²) in [4.78, 5) is 23.5. The molecular weight excluding hydrogens is 322 g/mol. The number of Topliss-reactive ketones (excluding diaryl/α,β-unsaturated/α-hetero) is 1. The van der Waals surface area contributed by atoms with Crippen molar-refractivity contribution < 1.29 is 9.59 Å². The Kier molecular flexibility index (Phi) is 4.04. The Morgan fingerprint density at radius 1 is 1.35 bits per heavy atom. The second kappa shape index (κ2) is 5.58. The molecule has 1 aromatic heterocycles. The van der Waals surface area contributed by atoms with Gasteiger partial charge in [0.05, 0.1) is 10.2 Å². The van der Waals surface area contributed by atoms with Crippen LogP contribution in [0.3, 0.4) is 0 Å². The number of carbonyl (C=O) groups is 2. The summed E-state index contributed by atoms with van der Waals surface area (Å²) in [7, 11) is 1.77. The lowest BCUT2D eigenvalue weighted by atomic mass is 10.1. The average molecular weight is 336 g/mol. The van der Waals surface area contributed by atoms with Gasteiger partial charge in [0, 0.05) is 18.3 Å². The van der Waals surface area contributed by atoms with Crippen LogP contribution in [0.4, 0.5) is 5.69 Å². The second-order valence-electron chi connectivity index (χ2n) is 4.46. The minimum absolute atomic E-state index is 0.0454. The van der Waals surface area contributed by atoms with E-state index in [1.807, 2.05) is 6.92 Å². The molecule has 0 saturated carbocycles. The van der Waals surface area contributed by atoms with Gasteiger partial charge < -0.3 is 5.32 Å². The number of halogens is 1. The summed E-state index contributed by atoms with van der Waals surface area (Å²) in [6, 6.07) is 6.81. The van der Waals surface area contributed by atoms with Crippen LogP contribution in [0.25, 0.3) is 0 Å². The Balaban J connectivity index is 2.25. The maximum atomic E-state index is 12.2. The molecule has 5 nitrogen and oxygen atoms in total. The standard InChI is InChI=1S/C14H14BrN3O2/c1-8-12(15)13(17-18(8)3)14(20)16-11-6-4-5-10(7-11)9(2)19/h4-7H,1-3H3,(H,16,20). The van der Waals surface area contributed by atoms with Crippen LogP contribution in [0.2, 0.25) is 0 Å². The van der Waals surface area contributed by atoms with Gasteiger partial charge in [0.1, 0.15) is 0 Å². The Morgan fingerprint density at radius 3 is 2.60 bits per heavy atom. The van der Waals surface area contributed by atoms with Gasteiger partial charge in [-0.3, -0.25) is 14.3 Å². The van der Waals surface area contributed by atoms with Crippen LogP contribution in [0.15, 0.2) is 28.7 Å². The molecule has 0 saturated heterocycles. The first-order valence-electron chi connectivity index (χ1n) is 6.01. The molecular formula is C14H14BrN3O2. The van der Waals surface area contributed by atoms with Crippen LogP contribution < -0.4 is 5.32 Å². The summed E-state index contributed by atoms with van der Waals surface area (Å²) >= 11 is 3.35. The molecule has 0 aliphatic rings. The Labute approximate surface area is 125 Å². The molecule has 0 spiro atoms. The number of benzene rings is 1. The second-order valence-corrected chi connectivity index (χ2v) is 5.26. The zero-order valence-electron chi connectivity index (χ0n) is 11.4. The molecule has 1 aromatic carbocycles. The highest BCUT2D eigenvalue weighted by molar-refractivity contribution is 9.10. The normalized spacial score (nSPS) is 10.4. The predicted molar refractivity (Wildman–Crippen MR) is 80.0 cm³/mol. The summed E-state index contributed by atoms with van der Waals surface area (Å²) < 4.78 is 2.30. The number of aromatic nitrogens is 2. The summed E-state index contributed by atoms with van der Waals surface area (Å²) in [5.74, 6) is -0.364. The lowest BCUT2D eigenvalue weighted by molar-refractivity contribution is 0.100. The van der Waals surface area contributed by atoms with Crippen molar-refractivity contribution in [3.8, 4) is 0 Å². The van der Waals surface area contributed by atoms with Gasteiger partial charge in [-0.05, 0) is 41.9 Å². The zero-order valence-corrected chi connectivity index (χ0v) is 13.0. The quantitative estimate of drug-likeness (QED) is 0.877. The maximum absolute atomic E-state index is 12.2. The highest BCUT2D eigenvalue weighted by atomic mass is 79.9. The molecule has 0 fully saturated rings. The van der Waals surface area contributed by atoms with Crippen molar-refractivity contribution >= 4 is 33.3 Å². The van der Waals surface area contributed by atoms with E-state index in [0.717, 1.165) is 5.69 Å². The molecule has 0 bridgehead atoms. The number of rotatable bonds is 3. The molecule has 2 aromatic rings. The zero-order chi connectivity index (χ0) is 14.9. The lowest BCUT2D eigenvalue weighted by Gasteiger charge is -2.05. The van der Waals surface area contributed by atoms with E-state index in [1.165, 1.54) is 6.92 Å². The smallest absolute Gasteiger partial charge is 0.277 e. The van der Waals surface area contributed by atoms with E-state index in [0.29, 0.717) is 21.4 Å². The van der Waals surface area contributed by atoms with E-state index >= 15 is 0 Å². The third-order valence-corrected chi connectivity index (χ3v) is 3.95. The van der Waals surface area contributed by atoms with E-state index in [1.54, 1.807) is 36.0 Å². The minimum atomic E-state index is -0.318. The van der Waals surface area contributed by atoms with Gasteiger partial charge in [-0.2, -0.15) is 5.10 Å². The van der Waals surface area contributed by atoms with Crippen LogP contribution >= 0.6 is 15.9 Å². The van der Waals surface area contributed by atoms with E-state index < -0.39 is 0 Å². The average Bonchev–Trinajstić information content (AvgIpc) is 2.67. The molecule has 1 N–H and O–H groups in total. The van der Waals surface area contributed by atoms with Crippen LogP contribution in [0.1, 0.15) is 33.5 Å². The van der Waals surface area contributed by atoms with Crippen molar-refractivity contribution in [2.24, 2.45) is 7.05 Å². The van der Waals surface area contributed by atoms with Crippen LogP contribution in [-0.2, 0) is 7.05 Å². The number of nitrogens with one attached hydrogen (secondary N) is 1. The fourth-order valence-electron chi connectivity index (χ4n) is 1.73. The van der Waals surface area contributed by atoms with Crippen LogP contribution in [0.5, 0.6) is 0 Å². The highest BCUT2D eigenvalue weighted by Crippen LogP contribution is 2.21. The van der Waals surface area contributed by atoms with Gasteiger partial charge in [0.2, 0.25) is 0 Å². The third kappa shape index (κ3) is 2.80. The first-order chi connectivity index (χ1) is 9.40. The molecule has 6 heteroatoms. The SMILES string of the molecule is CC(=O)c1cccc(NC(=O)c2nn(C)c(C)c2Br)c1. The number of hydrogen-bond donors (Lipinski definition) is 1. The van der Waals surface area contributed by atoms with Crippen molar-refractivity contribution in [1.82, 2.24) is 9.78 Å². The van der Waals surface area contributed by atoms with Crippen LogP contribution in [-0.4, -0.2) is 21.5 Å². The van der Waals surface area contributed by atoms with Crippen LogP contribution in [0, 0.1) is 6.92 Å². The third-order valence-electron chi connectivity index (χ3n) is 3.00. The van der Waals surface area contributed by atoms with Crippen molar-refractivity contribution in [3.05, 3.63) is 45.7 Å². The minimum Gasteiger partial charge on any atom is -0.321 e. The molecule has 2 rings (SSSR count). The van der Waals surface area contributed by atoms with Crippen molar-refractivity contribution in [3.63, 3.8) is 0 Å². The van der Waals surface area contributed by atoms with Gasteiger partial charge in [-0.15, -0.1) is 0 Å². The predicted octanol–water partition coefficient (Wildman–Crippen LogP) is 2.95. The molecule has 0 aliphatic carbocycles. The van der Waals surface area contributed by atoms with Gasteiger partial charge in [-0.25, -0.2) is 0 Å². The number of aryl methyl sites for hydroxylation is 1. The van der Waals surface area contributed by atoms with E-state index in [2.05, 4.69) is 26.3 Å². The number of ketones is 1. The van der Waals surface area contributed by atoms with Crippen molar-refractivity contribution in [1.29, 1.82) is 0 Å². The largest absolute Gasteiger partial charge is 0.321 e. The molecule has 0 unspecified atom stereocenters.